The number of aromatic nitrogens is 1. The molecule has 1 N–H and O–H groups in total. The van der Waals surface area contributed by atoms with Crippen LogP contribution in [-0.4, -0.2) is 24.2 Å². The first-order chi connectivity index (χ1) is 6.84. The molecule has 0 radical (unpaired) electrons. The largest absolute Gasteiger partial charge is 0.490 e. The van der Waals surface area contributed by atoms with E-state index >= 15 is 0 Å². The monoisotopic (exact) mass is 196 g/mol. The second kappa shape index (κ2) is 4.37. The highest BCUT2D eigenvalue weighted by Crippen LogP contribution is 2.11. The minimum absolute atomic E-state index is 0.431. The van der Waals surface area contributed by atoms with Crippen LogP contribution in [0.15, 0.2) is 18.3 Å². The number of nitrogens with zero attached hydrogens (tertiary/aromatic N) is 1. The van der Waals surface area contributed by atoms with Gasteiger partial charge in [0.1, 0.15) is 12.4 Å². The van der Waals surface area contributed by atoms with Crippen LogP contribution in [0.1, 0.15) is 12.8 Å². The van der Waals surface area contributed by atoms with Crippen LogP contribution in [-0.2, 0) is 0 Å². The fraction of sp³-hybridized carbons (Fsp3) is 0.500. The summed E-state index contributed by atoms with van der Waals surface area (Å²) in [7, 11) is 0. The number of hydrogen-bond donors (Lipinski definition) is 1. The van der Waals surface area contributed by atoms with Gasteiger partial charge in [-0.15, -0.1) is 0 Å². The van der Waals surface area contributed by atoms with Crippen LogP contribution in [0.2, 0.25) is 0 Å². The van der Waals surface area contributed by atoms with Crippen molar-refractivity contribution >= 4 is 0 Å². The van der Waals surface area contributed by atoms with E-state index in [1.165, 1.54) is 18.7 Å². The van der Waals surface area contributed by atoms with Crippen molar-refractivity contribution in [2.24, 2.45) is 0 Å². The Hall–Kier alpha value is -1.16. The van der Waals surface area contributed by atoms with Crippen LogP contribution in [0.25, 0.3) is 0 Å². The van der Waals surface area contributed by atoms with Gasteiger partial charge in [-0.25, -0.2) is 4.98 Å². The quantitative estimate of drug-likeness (QED) is 0.741. The predicted octanol–water partition coefficient (Wildman–Crippen LogP) is 1.35. The summed E-state index contributed by atoms with van der Waals surface area (Å²) in [5, 5.41) is 3.32. The highest BCUT2D eigenvalue weighted by molar-refractivity contribution is 5.16. The summed E-state index contributed by atoms with van der Waals surface area (Å²) in [6.45, 7) is 1.70. The third kappa shape index (κ3) is 2.42. The lowest BCUT2D eigenvalue weighted by Crippen LogP contribution is -2.28. The zero-order chi connectivity index (χ0) is 9.80. The van der Waals surface area contributed by atoms with Crippen LogP contribution in [0.3, 0.4) is 0 Å². The van der Waals surface area contributed by atoms with Crippen molar-refractivity contribution in [1.82, 2.24) is 10.3 Å². The predicted molar refractivity (Wildman–Crippen MR) is 50.7 cm³/mol. The molecule has 2 rings (SSSR count). The van der Waals surface area contributed by atoms with Gasteiger partial charge >= 0.3 is 0 Å². The first-order valence-electron chi connectivity index (χ1n) is 4.82. The molecular formula is C10H13FN2O. The molecule has 0 bridgehead atoms. The molecule has 1 fully saturated rings. The summed E-state index contributed by atoms with van der Waals surface area (Å²) in [6.07, 6.45) is 3.76. The zero-order valence-corrected chi connectivity index (χ0v) is 7.87. The van der Waals surface area contributed by atoms with Gasteiger partial charge in [0.2, 0.25) is 5.95 Å². The lowest BCUT2D eigenvalue weighted by atomic mass is 10.2. The average molecular weight is 196 g/mol. The molecule has 0 saturated carbocycles. The Labute approximate surface area is 82.3 Å². The minimum Gasteiger partial charge on any atom is -0.490 e. The second-order valence-corrected chi connectivity index (χ2v) is 3.42. The van der Waals surface area contributed by atoms with E-state index in [1.54, 1.807) is 6.07 Å². The fourth-order valence-electron chi connectivity index (χ4n) is 1.54. The summed E-state index contributed by atoms with van der Waals surface area (Å²) in [5.74, 6) is 0.149. The minimum atomic E-state index is -0.476. The first-order valence-corrected chi connectivity index (χ1v) is 4.82. The van der Waals surface area contributed by atoms with Crippen molar-refractivity contribution in [3.63, 3.8) is 0 Å². The van der Waals surface area contributed by atoms with Gasteiger partial charge in [0, 0.05) is 6.04 Å². The van der Waals surface area contributed by atoms with Crippen LogP contribution in [0, 0.1) is 5.95 Å². The lowest BCUT2D eigenvalue weighted by Gasteiger charge is -2.11. The molecule has 14 heavy (non-hydrogen) atoms. The Morgan fingerprint density at radius 3 is 3.14 bits per heavy atom. The van der Waals surface area contributed by atoms with Crippen molar-refractivity contribution < 1.29 is 9.13 Å². The number of hydrogen-bond acceptors (Lipinski definition) is 3. The molecule has 76 valence electrons. The lowest BCUT2D eigenvalue weighted by molar-refractivity contribution is 0.275. The second-order valence-electron chi connectivity index (χ2n) is 3.42. The number of ether oxygens (including phenoxy) is 1. The molecule has 1 aromatic heterocycles. The molecule has 2 heterocycles. The maximum atomic E-state index is 12.4. The smallest absolute Gasteiger partial charge is 0.213 e. The number of halogens is 1. The summed E-state index contributed by atoms with van der Waals surface area (Å²) < 4.78 is 17.9. The summed E-state index contributed by atoms with van der Waals surface area (Å²) in [5.41, 5.74) is 0. The van der Waals surface area contributed by atoms with Crippen molar-refractivity contribution in [2.75, 3.05) is 13.2 Å². The Morgan fingerprint density at radius 1 is 1.57 bits per heavy atom. The standard InChI is InChI=1S/C10H13FN2O/c11-10-4-3-9(6-13-10)14-7-8-2-1-5-12-8/h3-4,6,8,12H,1-2,5,7H2/t8-/m0/s1. The van der Waals surface area contributed by atoms with Gasteiger partial charge < -0.3 is 10.1 Å². The SMILES string of the molecule is Fc1ccc(OC[C@@H]2CCCN2)cn1. The normalized spacial score (nSPS) is 21.1. The van der Waals surface area contributed by atoms with Gasteiger partial charge in [0.25, 0.3) is 0 Å². The Bertz CT molecular complexity index is 283. The van der Waals surface area contributed by atoms with E-state index in [0.29, 0.717) is 18.4 Å². The Morgan fingerprint density at radius 2 is 2.50 bits per heavy atom. The van der Waals surface area contributed by atoms with E-state index in [1.807, 2.05) is 0 Å². The van der Waals surface area contributed by atoms with E-state index < -0.39 is 5.95 Å². The van der Waals surface area contributed by atoms with Gasteiger partial charge in [-0.1, -0.05) is 0 Å². The molecule has 0 aliphatic carbocycles. The number of nitrogens with one attached hydrogen (secondary N) is 1. The molecule has 1 atom stereocenters. The van der Waals surface area contributed by atoms with Crippen LogP contribution in [0.5, 0.6) is 5.75 Å². The highest BCUT2D eigenvalue weighted by atomic mass is 19.1. The molecule has 1 aliphatic heterocycles. The highest BCUT2D eigenvalue weighted by Gasteiger charge is 2.14. The number of rotatable bonds is 3. The molecule has 0 aromatic carbocycles. The summed E-state index contributed by atoms with van der Waals surface area (Å²) in [4.78, 5) is 3.51. The molecular weight excluding hydrogens is 183 g/mol. The summed E-state index contributed by atoms with van der Waals surface area (Å²) >= 11 is 0. The third-order valence-electron chi connectivity index (χ3n) is 2.31. The molecule has 0 amide bonds. The summed E-state index contributed by atoms with van der Waals surface area (Å²) in [6, 6.07) is 3.33. The van der Waals surface area contributed by atoms with E-state index in [-0.39, 0.29) is 0 Å². The molecule has 3 nitrogen and oxygen atoms in total. The maximum absolute atomic E-state index is 12.4. The number of pyridine rings is 1. The molecule has 1 aromatic rings. The third-order valence-corrected chi connectivity index (χ3v) is 2.31. The van der Waals surface area contributed by atoms with Crippen molar-refractivity contribution in [3.05, 3.63) is 24.3 Å². The van der Waals surface area contributed by atoms with E-state index in [2.05, 4.69) is 10.3 Å². The molecule has 0 unspecified atom stereocenters. The molecule has 4 heteroatoms. The maximum Gasteiger partial charge on any atom is 0.213 e. The van der Waals surface area contributed by atoms with Crippen molar-refractivity contribution in [2.45, 2.75) is 18.9 Å². The van der Waals surface area contributed by atoms with E-state index in [9.17, 15) is 4.39 Å². The molecule has 0 spiro atoms. The van der Waals surface area contributed by atoms with Gasteiger partial charge in [-0.3, -0.25) is 0 Å². The topological polar surface area (TPSA) is 34.1 Å². The van der Waals surface area contributed by atoms with Crippen molar-refractivity contribution in [3.8, 4) is 5.75 Å². The van der Waals surface area contributed by atoms with E-state index in [0.717, 1.165) is 13.0 Å². The van der Waals surface area contributed by atoms with E-state index in [4.69, 9.17) is 4.74 Å². The van der Waals surface area contributed by atoms with Gasteiger partial charge in [0.05, 0.1) is 6.20 Å². The van der Waals surface area contributed by atoms with Gasteiger partial charge in [-0.05, 0) is 31.5 Å². The zero-order valence-electron chi connectivity index (χ0n) is 7.87. The Kier molecular flexibility index (Phi) is 2.93. The Balaban J connectivity index is 1.82. The van der Waals surface area contributed by atoms with Crippen LogP contribution in [0.4, 0.5) is 4.39 Å². The van der Waals surface area contributed by atoms with Gasteiger partial charge in [0.15, 0.2) is 0 Å². The van der Waals surface area contributed by atoms with Crippen molar-refractivity contribution in [1.29, 1.82) is 0 Å². The van der Waals surface area contributed by atoms with Crippen LogP contribution >= 0.6 is 0 Å². The van der Waals surface area contributed by atoms with Crippen LogP contribution < -0.4 is 10.1 Å². The molecule has 1 aliphatic rings. The average Bonchev–Trinajstić information content (AvgIpc) is 2.70. The molecule has 1 saturated heterocycles. The fourth-order valence-corrected chi connectivity index (χ4v) is 1.54. The van der Waals surface area contributed by atoms with Gasteiger partial charge in [-0.2, -0.15) is 4.39 Å². The first kappa shape index (κ1) is 9.40.